The van der Waals surface area contributed by atoms with Gasteiger partial charge in [0.05, 0.1) is 11.2 Å². The number of unbranched alkanes of at least 4 members (excludes halogenated alkanes) is 1. The fourth-order valence-corrected chi connectivity index (χ4v) is 1.91. The maximum atomic E-state index is 10.7. The largest absolute Gasteiger partial charge is 1.00 e. The van der Waals surface area contributed by atoms with E-state index in [1.54, 1.807) is 6.92 Å². The van der Waals surface area contributed by atoms with Gasteiger partial charge < -0.3 is 14.5 Å². The van der Waals surface area contributed by atoms with Gasteiger partial charge in [0.2, 0.25) is 0 Å². The van der Waals surface area contributed by atoms with Crippen molar-refractivity contribution in [3.63, 3.8) is 0 Å². The minimum atomic E-state index is -4.65. The van der Waals surface area contributed by atoms with Gasteiger partial charge in [0.1, 0.15) is 10.1 Å². The monoisotopic (exact) mass is 266 g/mol. The Morgan fingerprint density at radius 2 is 1.81 bits per heavy atom. The topological polar surface area (TPSA) is 97.3 Å². The zero-order valence-corrected chi connectivity index (χ0v) is 14.7. The maximum Gasteiger partial charge on any atom is 1.00 e. The minimum Gasteiger partial charge on any atom is -0.747 e. The molecule has 8 heteroatoms. The van der Waals surface area contributed by atoms with Gasteiger partial charge in [0, 0.05) is 0 Å². The third kappa shape index (κ3) is 8.25. The molecule has 0 aromatic carbocycles. The first kappa shape index (κ1) is 22.3. The van der Waals surface area contributed by atoms with Crippen molar-refractivity contribution in [2.45, 2.75) is 31.4 Å². The van der Waals surface area contributed by atoms with Crippen molar-refractivity contribution < 1.29 is 82.0 Å². The first-order valence-electron chi connectivity index (χ1n) is 4.15. The van der Waals surface area contributed by atoms with Crippen molar-refractivity contribution in [2.75, 3.05) is 0 Å². The summed E-state index contributed by atoms with van der Waals surface area (Å²) in [5.74, 6) is -1.69. The molecule has 1 unspecified atom stereocenters. The van der Waals surface area contributed by atoms with Crippen LogP contribution in [0.5, 0.6) is 0 Å². The summed E-state index contributed by atoms with van der Waals surface area (Å²) in [6.45, 7) is 4.83. The fraction of sp³-hybridized carbons (Fsp3) is 0.625. The average molecular weight is 266 g/mol. The van der Waals surface area contributed by atoms with Crippen LogP contribution in [-0.4, -0.2) is 24.2 Å². The molecule has 0 radical (unpaired) electrons. The van der Waals surface area contributed by atoms with Gasteiger partial charge in [-0.1, -0.05) is 26.3 Å². The predicted molar refractivity (Wildman–Crippen MR) is 47.2 cm³/mol. The summed E-state index contributed by atoms with van der Waals surface area (Å²) in [5, 5.41) is 8.77. The molecular weight excluding hydrogens is 254 g/mol. The Morgan fingerprint density at radius 3 is 2.06 bits per heavy atom. The summed E-state index contributed by atoms with van der Waals surface area (Å²) in [5.41, 5.74) is -0.659. The summed E-state index contributed by atoms with van der Waals surface area (Å²) in [7, 11) is -4.65. The van der Waals surface area contributed by atoms with Crippen LogP contribution >= 0.6 is 0 Å². The average Bonchev–Trinajstić information content (AvgIpc) is 2.02. The number of carbonyl (C=O) groups excluding carboxylic acids is 1. The molecule has 0 fully saturated rings. The van der Waals surface area contributed by atoms with Gasteiger partial charge in [-0.3, -0.25) is 0 Å². The Bertz CT molecular complexity index is 325. The Morgan fingerprint density at radius 1 is 1.38 bits per heavy atom. The first-order valence-corrected chi connectivity index (χ1v) is 5.62. The second kappa shape index (κ2) is 10.1. The molecule has 1 atom stereocenters. The molecule has 0 rings (SSSR count). The molecule has 0 aliphatic carbocycles. The van der Waals surface area contributed by atoms with Crippen LogP contribution in [0.25, 0.3) is 0 Å². The molecule has 0 saturated heterocycles. The summed E-state index contributed by atoms with van der Waals surface area (Å²) < 4.78 is 32.0. The zero-order chi connectivity index (χ0) is 11.4. The summed E-state index contributed by atoms with van der Waals surface area (Å²) in [4.78, 5) is 10.3. The number of carboxylic acid groups (broad SMARTS) is 1. The molecule has 0 aromatic rings. The molecule has 0 bridgehead atoms. The second-order valence-corrected chi connectivity index (χ2v) is 4.49. The summed E-state index contributed by atoms with van der Waals surface area (Å²) >= 11 is 0. The molecule has 5 nitrogen and oxygen atoms in total. The number of hydrogen-bond donors (Lipinski definition) is 0. The van der Waals surface area contributed by atoms with E-state index in [-0.39, 0.29) is 65.5 Å². The van der Waals surface area contributed by atoms with Crippen LogP contribution in [0, 0.1) is 0 Å². The summed E-state index contributed by atoms with van der Waals surface area (Å²) in [6.07, 6.45) is 1.11. The third-order valence-corrected chi connectivity index (χ3v) is 3.04. The Kier molecular flexibility index (Phi) is 14.1. The minimum absolute atomic E-state index is 0. The van der Waals surface area contributed by atoms with E-state index >= 15 is 0 Å². The maximum absolute atomic E-state index is 10.7. The van der Waals surface area contributed by atoms with Crippen molar-refractivity contribution in [1.29, 1.82) is 0 Å². The van der Waals surface area contributed by atoms with E-state index in [0.29, 0.717) is 12.8 Å². The Labute approximate surface area is 140 Å². The van der Waals surface area contributed by atoms with Crippen LogP contribution in [0.15, 0.2) is 12.2 Å². The van der Waals surface area contributed by atoms with E-state index < -0.39 is 26.9 Å². The van der Waals surface area contributed by atoms with Crippen LogP contribution in [0.4, 0.5) is 0 Å². The van der Waals surface area contributed by atoms with Gasteiger partial charge in [-0.25, -0.2) is 8.42 Å². The van der Waals surface area contributed by atoms with E-state index in [2.05, 4.69) is 6.58 Å². The molecule has 0 heterocycles. The Balaban J connectivity index is -0.000000845. The van der Waals surface area contributed by atoms with Crippen molar-refractivity contribution in [1.82, 2.24) is 0 Å². The molecule has 16 heavy (non-hydrogen) atoms. The molecule has 0 aliphatic heterocycles. The smallest absolute Gasteiger partial charge is 0.747 e. The quantitative estimate of drug-likeness (QED) is 0.270. The molecule has 0 spiro atoms. The van der Waals surface area contributed by atoms with Crippen molar-refractivity contribution in [3.8, 4) is 0 Å². The molecule has 0 aromatic heterocycles. The number of hydrogen-bond acceptors (Lipinski definition) is 5. The van der Waals surface area contributed by atoms with Gasteiger partial charge in [-0.15, -0.1) is 0 Å². The van der Waals surface area contributed by atoms with E-state index in [1.807, 2.05) is 0 Å². The molecule has 82 valence electrons. The van der Waals surface area contributed by atoms with E-state index in [1.165, 1.54) is 0 Å². The van der Waals surface area contributed by atoms with Gasteiger partial charge >= 0.3 is 59.1 Å². The molecular formula is C8H12Na2O5S. The second-order valence-electron chi connectivity index (χ2n) is 2.94. The Hall–Kier alpha value is 1.12. The van der Waals surface area contributed by atoms with E-state index in [0.717, 1.165) is 0 Å². The van der Waals surface area contributed by atoms with Crippen molar-refractivity contribution >= 4 is 16.1 Å². The fourth-order valence-electron chi connectivity index (χ4n) is 1.01. The first-order chi connectivity index (χ1) is 6.30. The van der Waals surface area contributed by atoms with Crippen LogP contribution in [0.3, 0.4) is 0 Å². The van der Waals surface area contributed by atoms with Gasteiger partial charge in [0.25, 0.3) is 0 Å². The number of rotatable bonds is 6. The van der Waals surface area contributed by atoms with Crippen molar-refractivity contribution in [3.05, 3.63) is 12.2 Å². The zero-order valence-electron chi connectivity index (χ0n) is 9.86. The number of aliphatic carboxylic acids is 1. The summed E-state index contributed by atoms with van der Waals surface area (Å²) in [6, 6.07) is 0. The molecule has 0 amide bonds. The number of carbonyl (C=O) groups is 1. The van der Waals surface area contributed by atoms with Crippen LogP contribution in [0.2, 0.25) is 0 Å². The third-order valence-electron chi connectivity index (χ3n) is 1.82. The molecule has 0 N–H and O–H groups in total. The van der Waals surface area contributed by atoms with Crippen LogP contribution < -0.4 is 64.2 Å². The van der Waals surface area contributed by atoms with Crippen LogP contribution in [-0.2, 0) is 14.9 Å². The van der Waals surface area contributed by atoms with Gasteiger partial charge in [0.15, 0.2) is 0 Å². The molecule has 0 saturated carbocycles. The standard InChI is InChI=1S/C8H14O5S.2Na/c1-3-4-5-7(14(11,12)13)6(2)8(9)10;;/h7H,2-5H2,1H3,(H,9,10)(H,11,12,13);;/q;2*+1/p-2. The van der Waals surface area contributed by atoms with E-state index in [4.69, 9.17) is 0 Å². The SMILES string of the molecule is C=C(C(=O)[O-])C(CCCC)S(=O)(=O)[O-].[Na+].[Na+]. The van der Waals surface area contributed by atoms with Gasteiger partial charge in [-0.2, -0.15) is 0 Å². The predicted octanol–water partition coefficient (Wildman–Crippen LogP) is -6.60. The molecule has 0 aliphatic rings. The van der Waals surface area contributed by atoms with Crippen LogP contribution in [0.1, 0.15) is 26.2 Å². The normalized spacial score (nSPS) is 11.9. The van der Waals surface area contributed by atoms with E-state index in [9.17, 15) is 22.9 Å². The van der Waals surface area contributed by atoms with Gasteiger partial charge in [-0.05, 0) is 12.0 Å². The number of carboxylic acids is 1. The van der Waals surface area contributed by atoms with Crippen molar-refractivity contribution in [2.24, 2.45) is 0 Å².